The largest absolute Gasteiger partial charge is 0.507 e. The van der Waals surface area contributed by atoms with E-state index in [1.54, 1.807) is 45.9 Å². The molecular weight excluding hydrogens is 865 g/mol. The van der Waals surface area contributed by atoms with Gasteiger partial charge in [-0.25, -0.2) is 4.98 Å². The predicted molar refractivity (Wildman–Crippen MR) is 254 cm³/mol. The van der Waals surface area contributed by atoms with Gasteiger partial charge in [-0.15, -0.1) is 0 Å². The molecule has 7 rings (SSSR count). The van der Waals surface area contributed by atoms with E-state index < -0.39 is 88.1 Å². The first-order chi connectivity index (χ1) is 31.7. The minimum atomic E-state index is -1.98. The number of nitrogens with zero attached hydrogens (tertiary/aromatic N) is 3. The van der Waals surface area contributed by atoms with Crippen LogP contribution in [0.15, 0.2) is 62.3 Å². The molecule has 67 heavy (non-hydrogen) atoms. The summed E-state index contributed by atoms with van der Waals surface area (Å²) in [5, 5.41) is 49.3. The normalized spacial score (nSPS) is 27.9. The number of esters is 1. The molecule has 3 aromatic carbocycles. The van der Waals surface area contributed by atoms with Crippen molar-refractivity contribution in [1.29, 1.82) is 0 Å². The van der Waals surface area contributed by atoms with E-state index in [1.807, 2.05) is 0 Å². The molecule has 3 aliphatic rings. The van der Waals surface area contributed by atoms with Gasteiger partial charge < -0.3 is 54.0 Å². The lowest BCUT2D eigenvalue weighted by Crippen LogP contribution is -2.46. The molecule has 5 N–H and O–H groups in total. The number of allylic oxidation sites excluding steroid dienone is 2. The SMILES string of the molecule is CCCN1CCN(c2cc(=O)c3nc4c(oc3c2)c2c(=O)c3c(O)c(C)c5c(c34)=C(O)C(C)(OC=CC(OC)C(C)C(OC(C)=O)C(C)C(O)C(C)C(O)C(C)C=CC=C(C)C(=O)N2)O5)CC1. The maximum atomic E-state index is 14.9. The fraction of sp³-hybridized carbons (Fsp3) is 0.500. The van der Waals surface area contributed by atoms with E-state index in [4.69, 9.17) is 28.3 Å². The second-order valence-corrected chi connectivity index (χ2v) is 18.4. The number of hydrogen-bond acceptors (Lipinski definition) is 16. The second-order valence-electron chi connectivity index (χ2n) is 18.4. The topological polar surface area (TPSA) is 231 Å². The summed E-state index contributed by atoms with van der Waals surface area (Å²) in [5.41, 5.74) is -1.34. The number of aliphatic hydroxyl groups is 3. The fourth-order valence-corrected chi connectivity index (χ4v) is 9.61. The number of amides is 1. The third kappa shape index (κ3) is 9.09. The summed E-state index contributed by atoms with van der Waals surface area (Å²) in [6.07, 6.45) is 4.59. The third-order valence-corrected chi connectivity index (χ3v) is 13.7. The number of anilines is 2. The number of ether oxygens (including phenoxy) is 4. The number of hydrogen-bond donors (Lipinski definition) is 5. The van der Waals surface area contributed by atoms with Crippen molar-refractivity contribution in [2.75, 3.05) is 50.1 Å². The Labute approximate surface area is 387 Å². The molecular formula is C50H62N4O13. The number of phenols is 1. The van der Waals surface area contributed by atoms with Gasteiger partial charge in [0.15, 0.2) is 22.4 Å². The van der Waals surface area contributed by atoms with Gasteiger partial charge in [-0.2, -0.15) is 0 Å². The lowest BCUT2D eigenvalue weighted by Gasteiger charge is -2.38. The van der Waals surface area contributed by atoms with Crippen molar-refractivity contribution in [2.45, 2.75) is 98.9 Å². The highest BCUT2D eigenvalue weighted by Gasteiger charge is 2.44. The first-order valence-corrected chi connectivity index (χ1v) is 22.8. The van der Waals surface area contributed by atoms with E-state index in [9.17, 15) is 39.6 Å². The zero-order valence-corrected chi connectivity index (χ0v) is 39.7. The summed E-state index contributed by atoms with van der Waals surface area (Å²) in [5.74, 6) is -6.92. The molecule has 5 bridgehead atoms. The highest BCUT2D eigenvalue weighted by atomic mass is 16.7. The minimum absolute atomic E-state index is 0.0403. The third-order valence-electron chi connectivity index (χ3n) is 13.7. The number of rotatable bonds is 5. The van der Waals surface area contributed by atoms with Crippen LogP contribution < -0.4 is 31.0 Å². The van der Waals surface area contributed by atoms with Crippen LogP contribution in [0, 0.1) is 30.6 Å². The molecule has 9 atom stereocenters. The Morgan fingerprint density at radius 1 is 0.955 bits per heavy atom. The summed E-state index contributed by atoms with van der Waals surface area (Å²) in [6, 6.07) is 3.15. The first kappa shape index (κ1) is 48.9. The van der Waals surface area contributed by atoms with E-state index in [0.717, 1.165) is 26.1 Å². The predicted octanol–water partition coefficient (Wildman–Crippen LogP) is 5.09. The minimum Gasteiger partial charge on any atom is -0.507 e. The molecule has 1 aromatic heterocycles. The lowest BCUT2D eigenvalue weighted by molar-refractivity contribution is -0.160. The van der Waals surface area contributed by atoms with Gasteiger partial charge in [0, 0.05) is 105 Å². The summed E-state index contributed by atoms with van der Waals surface area (Å²) < 4.78 is 30.5. The van der Waals surface area contributed by atoms with E-state index in [1.165, 1.54) is 59.3 Å². The average molecular weight is 927 g/mol. The highest BCUT2D eigenvalue weighted by Crippen LogP contribution is 2.42. The molecule has 1 amide bonds. The van der Waals surface area contributed by atoms with Crippen molar-refractivity contribution in [3.05, 3.63) is 79.5 Å². The first-order valence-electron chi connectivity index (χ1n) is 22.8. The van der Waals surface area contributed by atoms with E-state index in [0.29, 0.717) is 18.8 Å². The molecule has 1 fully saturated rings. The van der Waals surface area contributed by atoms with Gasteiger partial charge in [-0.1, -0.05) is 52.8 Å². The monoisotopic (exact) mass is 926 g/mol. The van der Waals surface area contributed by atoms with Crippen LogP contribution in [0.4, 0.5) is 11.4 Å². The molecule has 0 spiro atoms. The maximum absolute atomic E-state index is 14.9. The fourth-order valence-electron chi connectivity index (χ4n) is 9.61. The van der Waals surface area contributed by atoms with Gasteiger partial charge in [0.05, 0.1) is 35.2 Å². The number of aliphatic hydroxyl groups excluding tert-OH is 3. The number of carbonyl (C=O) groups excluding carboxylic acids is 2. The molecule has 4 heterocycles. The zero-order valence-electron chi connectivity index (χ0n) is 39.7. The maximum Gasteiger partial charge on any atom is 0.307 e. The number of benzene rings is 3. The Morgan fingerprint density at radius 3 is 2.31 bits per heavy atom. The molecule has 9 unspecified atom stereocenters. The van der Waals surface area contributed by atoms with Crippen LogP contribution >= 0.6 is 0 Å². The molecule has 4 aromatic rings. The van der Waals surface area contributed by atoms with Gasteiger partial charge in [-0.3, -0.25) is 24.1 Å². The summed E-state index contributed by atoms with van der Waals surface area (Å²) >= 11 is 0. The molecule has 17 nitrogen and oxygen atoms in total. The number of fused-ring (bicyclic) bond motifs is 5. The second kappa shape index (κ2) is 19.3. The number of aromatic hydroxyl groups is 1. The Bertz CT molecular complexity index is 2870. The molecule has 360 valence electrons. The molecule has 0 saturated carbocycles. The number of piperazine rings is 1. The van der Waals surface area contributed by atoms with Crippen molar-refractivity contribution >= 4 is 62.0 Å². The number of carbonyl (C=O) groups is 2. The highest BCUT2D eigenvalue weighted by molar-refractivity contribution is 6.16. The summed E-state index contributed by atoms with van der Waals surface area (Å²) in [4.78, 5) is 64.6. The van der Waals surface area contributed by atoms with E-state index >= 15 is 0 Å². The van der Waals surface area contributed by atoms with Crippen molar-refractivity contribution in [1.82, 2.24) is 9.88 Å². The summed E-state index contributed by atoms with van der Waals surface area (Å²) in [6.45, 7) is 18.6. The van der Waals surface area contributed by atoms with Gasteiger partial charge in [0.25, 0.3) is 5.91 Å². The molecule has 17 heteroatoms. The number of aromatic nitrogens is 1. The molecule has 0 aliphatic carbocycles. The quantitative estimate of drug-likeness (QED) is 0.0997. The smallest absolute Gasteiger partial charge is 0.307 e. The number of methoxy groups -OCH3 is 1. The summed E-state index contributed by atoms with van der Waals surface area (Å²) in [7, 11) is 1.45. The Balaban J connectivity index is 1.46. The van der Waals surface area contributed by atoms with Crippen LogP contribution in [0.2, 0.25) is 0 Å². The van der Waals surface area contributed by atoms with Crippen LogP contribution in [0.25, 0.3) is 38.7 Å². The Hall–Kier alpha value is -6.01. The van der Waals surface area contributed by atoms with Crippen molar-refractivity contribution in [3.63, 3.8) is 0 Å². The van der Waals surface area contributed by atoms with E-state index in [-0.39, 0.29) is 60.8 Å². The number of nitrogens with one attached hydrogen (secondary N) is 1. The Morgan fingerprint density at radius 2 is 1.66 bits per heavy atom. The Kier molecular flexibility index (Phi) is 14.1. The van der Waals surface area contributed by atoms with Gasteiger partial charge >= 0.3 is 11.8 Å². The molecule has 0 radical (unpaired) electrons. The van der Waals surface area contributed by atoms with E-state index in [2.05, 4.69) is 22.0 Å². The molecule has 1 saturated heterocycles. The van der Waals surface area contributed by atoms with Crippen LogP contribution in [0.5, 0.6) is 11.5 Å². The van der Waals surface area contributed by atoms with Crippen molar-refractivity contribution < 1.29 is 53.4 Å². The van der Waals surface area contributed by atoms with Crippen LogP contribution in [0.3, 0.4) is 0 Å². The lowest BCUT2D eigenvalue weighted by atomic mass is 9.78. The van der Waals surface area contributed by atoms with Crippen LogP contribution in [0.1, 0.15) is 67.4 Å². The van der Waals surface area contributed by atoms with Crippen LogP contribution in [-0.4, -0.2) is 112 Å². The van der Waals surface area contributed by atoms with Crippen LogP contribution in [-0.2, 0) is 23.8 Å². The van der Waals surface area contributed by atoms with Gasteiger partial charge in [-0.05, 0) is 32.9 Å². The zero-order chi connectivity index (χ0) is 48.8. The van der Waals surface area contributed by atoms with Gasteiger partial charge in [0.1, 0.15) is 28.8 Å². The van der Waals surface area contributed by atoms with Gasteiger partial charge in [0.2, 0.25) is 10.9 Å². The molecule has 3 aliphatic heterocycles. The average Bonchev–Trinajstić information content (AvgIpc) is 3.56. The standard InChI is InChI=1S/C50H62N4O13/c1-11-16-53-17-19-54(20-18-53)31-22-32(56)38-34(23-31)66-47-39(51-38)35-36-43(59)29(7)46-37(35)48(61)50(9,67-46)64-21-15-33(63-10)26(4)45(65-30(8)55)28(6)42(58)27(5)41(57)24(2)13-12-14-25(3)49(62)52-40(47)44(36)60/h12-15,21-24,26-28,33,41-42,45,57-59,61H,11,16-20H2,1-10H3,(H,52,62). The number of phenolic OH excluding ortho intramolecular Hbond substituents is 1. The van der Waals surface area contributed by atoms with Crippen molar-refractivity contribution in [2.24, 2.45) is 23.7 Å². The van der Waals surface area contributed by atoms with Crippen molar-refractivity contribution in [3.8, 4) is 11.5 Å².